The molecule has 3 fully saturated rings. The largest absolute Gasteiger partial charge is 0.381 e. The molecule has 2 N–H and O–H groups in total. The fourth-order valence-corrected chi connectivity index (χ4v) is 6.50. The number of halogens is 1. The van der Waals surface area contributed by atoms with Gasteiger partial charge in [0.2, 0.25) is 5.95 Å². The van der Waals surface area contributed by atoms with Crippen LogP contribution in [0.1, 0.15) is 51.5 Å². The Morgan fingerprint density at radius 2 is 1.73 bits per heavy atom. The molecule has 0 spiro atoms. The molecule has 3 aliphatic heterocycles. The second-order valence-corrected chi connectivity index (χ2v) is 12.0. The van der Waals surface area contributed by atoms with Crippen molar-refractivity contribution in [1.29, 1.82) is 0 Å². The van der Waals surface area contributed by atoms with Crippen LogP contribution in [0.3, 0.4) is 0 Å². The van der Waals surface area contributed by atoms with Crippen molar-refractivity contribution in [2.45, 2.75) is 51.4 Å². The third kappa shape index (κ3) is 6.47. The summed E-state index contributed by atoms with van der Waals surface area (Å²) in [5, 5.41) is 8.09. The smallest absolute Gasteiger partial charge is 0.232 e. The van der Waals surface area contributed by atoms with Crippen molar-refractivity contribution in [2.75, 3.05) is 61.1 Å². The van der Waals surface area contributed by atoms with E-state index >= 15 is 0 Å². The molecule has 1 aromatic heterocycles. The number of anilines is 3. The number of hydrogen-bond donors (Lipinski definition) is 2. The number of ether oxygens (including phenoxy) is 1. The number of nitrogens with one attached hydrogen (secondary N) is 2. The summed E-state index contributed by atoms with van der Waals surface area (Å²) in [6, 6.07) is 10.3. The highest BCUT2D eigenvalue weighted by Crippen LogP contribution is 2.35. The first kappa shape index (κ1) is 26.4. The molecule has 0 aliphatic carbocycles. The molecule has 7 nitrogen and oxygen atoms in total. The molecule has 2 aromatic rings. The van der Waals surface area contributed by atoms with Crippen LogP contribution in [0.2, 0.25) is 5.02 Å². The van der Waals surface area contributed by atoms with Crippen molar-refractivity contribution >= 4 is 46.5 Å². The minimum absolute atomic E-state index is 0.0849. The monoisotopic (exact) mass is 542 g/mol. The van der Waals surface area contributed by atoms with Crippen LogP contribution < -0.4 is 20.4 Å². The van der Waals surface area contributed by atoms with Gasteiger partial charge in [-0.2, -0.15) is 9.97 Å². The second-order valence-electron chi connectivity index (χ2n) is 11.2. The molecule has 3 saturated heterocycles. The molecule has 0 unspecified atom stereocenters. The Hall–Kier alpha value is -2.16. The summed E-state index contributed by atoms with van der Waals surface area (Å²) in [7, 11) is 0. The fourth-order valence-electron chi connectivity index (χ4n) is 6.14. The van der Waals surface area contributed by atoms with Gasteiger partial charge < -0.3 is 25.2 Å². The molecular weight excluding hydrogens is 504 g/mol. The van der Waals surface area contributed by atoms with E-state index in [1.54, 1.807) is 0 Å². The molecule has 3 aliphatic rings. The molecule has 0 bridgehead atoms. The number of rotatable bonds is 6. The number of aromatic nitrogens is 2. The van der Waals surface area contributed by atoms with Crippen LogP contribution in [0.4, 0.5) is 17.6 Å². The van der Waals surface area contributed by atoms with Gasteiger partial charge in [-0.25, -0.2) is 0 Å². The zero-order valence-electron chi connectivity index (χ0n) is 22.0. The maximum absolute atomic E-state index is 6.35. The van der Waals surface area contributed by atoms with Gasteiger partial charge >= 0.3 is 0 Å². The Morgan fingerprint density at radius 1 is 1.05 bits per heavy atom. The van der Waals surface area contributed by atoms with Crippen LogP contribution in [-0.2, 0) is 10.2 Å². The lowest BCUT2D eigenvalue weighted by Gasteiger charge is -2.38. The van der Waals surface area contributed by atoms with Crippen LogP contribution in [0.5, 0.6) is 0 Å². The Morgan fingerprint density at radius 3 is 2.41 bits per heavy atom. The summed E-state index contributed by atoms with van der Waals surface area (Å²) in [6.45, 7) is 10.9. The number of piperidine rings is 1. The summed E-state index contributed by atoms with van der Waals surface area (Å²) < 4.78 is 5.69. The molecule has 4 heterocycles. The van der Waals surface area contributed by atoms with Gasteiger partial charge in [0.1, 0.15) is 11.6 Å². The van der Waals surface area contributed by atoms with Crippen molar-refractivity contribution in [2.24, 2.45) is 11.8 Å². The van der Waals surface area contributed by atoms with Gasteiger partial charge in [-0.05, 0) is 73.9 Å². The van der Waals surface area contributed by atoms with E-state index in [9.17, 15) is 0 Å². The van der Waals surface area contributed by atoms with E-state index in [1.165, 1.54) is 24.8 Å². The van der Waals surface area contributed by atoms with Gasteiger partial charge in [0.25, 0.3) is 0 Å². The summed E-state index contributed by atoms with van der Waals surface area (Å²) >= 11 is 12.1. The molecule has 0 saturated carbocycles. The zero-order chi connectivity index (χ0) is 25.8. The highest BCUT2D eigenvalue weighted by Gasteiger charge is 2.35. The number of benzene rings is 1. The highest BCUT2D eigenvalue weighted by molar-refractivity contribution is 7.80. The first-order valence-corrected chi connectivity index (χ1v) is 14.5. The molecule has 37 heavy (non-hydrogen) atoms. The molecule has 2 atom stereocenters. The van der Waals surface area contributed by atoms with Gasteiger partial charge in [0.05, 0.1) is 0 Å². The molecular formula is C28H39ClN6OS. The average molecular weight is 543 g/mol. The zero-order valence-corrected chi connectivity index (χ0v) is 23.6. The maximum atomic E-state index is 6.35. The standard InChI is InChI=1S/C28H39ClN6OS/c1-20-14-21(2)18-35(17-20)25-16-24(34-10-3-4-11-34)31-26(32-25)33-27(37)30-19-28(8-12-36-13-9-28)22-6-5-7-23(29)15-22/h5-7,15-16,20-21H,3-4,8-14,17-19H2,1-2H3,(H2,30,31,32,33,37)/t20-,21-/m1/s1. The summed E-state index contributed by atoms with van der Waals surface area (Å²) in [5.41, 5.74) is 1.14. The molecule has 1 aromatic carbocycles. The van der Waals surface area contributed by atoms with Crippen molar-refractivity contribution in [3.8, 4) is 0 Å². The SMILES string of the molecule is C[C@@H]1C[C@@H](C)CN(c2cc(N3CCCC3)nc(NC(=S)NCC3(c4cccc(Cl)c4)CCOCC3)n2)C1. The van der Waals surface area contributed by atoms with Crippen molar-refractivity contribution < 1.29 is 4.74 Å². The van der Waals surface area contributed by atoms with Gasteiger partial charge in [0, 0.05) is 62.4 Å². The Labute approximate surface area is 231 Å². The van der Waals surface area contributed by atoms with Crippen molar-refractivity contribution in [3.05, 3.63) is 40.9 Å². The number of hydrogen-bond acceptors (Lipinski definition) is 6. The lowest BCUT2D eigenvalue weighted by atomic mass is 9.74. The van der Waals surface area contributed by atoms with E-state index in [0.717, 1.165) is 68.9 Å². The Balaban J connectivity index is 1.33. The summed E-state index contributed by atoms with van der Waals surface area (Å²) in [5.74, 6) is 3.83. The van der Waals surface area contributed by atoms with E-state index in [2.05, 4.69) is 52.5 Å². The van der Waals surface area contributed by atoms with Gasteiger partial charge in [0.15, 0.2) is 5.11 Å². The third-order valence-corrected chi connectivity index (χ3v) is 8.50. The van der Waals surface area contributed by atoms with E-state index in [1.807, 2.05) is 12.1 Å². The minimum Gasteiger partial charge on any atom is -0.381 e. The highest BCUT2D eigenvalue weighted by atomic mass is 35.5. The topological polar surface area (TPSA) is 65.5 Å². The quantitative estimate of drug-likeness (QED) is 0.480. The number of nitrogens with zero attached hydrogens (tertiary/aromatic N) is 4. The van der Waals surface area contributed by atoms with E-state index in [0.29, 0.717) is 29.4 Å². The lowest BCUT2D eigenvalue weighted by molar-refractivity contribution is 0.0515. The van der Waals surface area contributed by atoms with Crippen molar-refractivity contribution in [1.82, 2.24) is 15.3 Å². The van der Waals surface area contributed by atoms with E-state index in [4.69, 9.17) is 38.5 Å². The lowest BCUT2D eigenvalue weighted by Crippen LogP contribution is -2.45. The van der Waals surface area contributed by atoms with Crippen LogP contribution in [-0.4, -0.2) is 61.0 Å². The van der Waals surface area contributed by atoms with Gasteiger partial charge in [-0.15, -0.1) is 0 Å². The van der Waals surface area contributed by atoms with Crippen LogP contribution in [0, 0.1) is 11.8 Å². The third-order valence-electron chi connectivity index (χ3n) is 8.02. The summed E-state index contributed by atoms with van der Waals surface area (Å²) in [4.78, 5) is 14.6. The first-order chi connectivity index (χ1) is 17.9. The van der Waals surface area contributed by atoms with E-state index < -0.39 is 0 Å². The van der Waals surface area contributed by atoms with Crippen LogP contribution in [0.15, 0.2) is 30.3 Å². The van der Waals surface area contributed by atoms with Crippen LogP contribution in [0.25, 0.3) is 0 Å². The number of thiocarbonyl (C=S) groups is 1. The fraction of sp³-hybridized carbons (Fsp3) is 0.607. The predicted molar refractivity (Wildman–Crippen MR) is 156 cm³/mol. The second kappa shape index (κ2) is 11.7. The molecule has 5 rings (SSSR count). The van der Waals surface area contributed by atoms with Crippen LogP contribution >= 0.6 is 23.8 Å². The summed E-state index contributed by atoms with van der Waals surface area (Å²) in [6.07, 6.45) is 5.50. The Kier molecular flexibility index (Phi) is 8.37. The normalized spacial score (nSPS) is 23.6. The van der Waals surface area contributed by atoms with Crippen molar-refractivity contribution in [3.63, 3.8) is 0 Å². The maximum Gasteiger partial charge on any atom is 0.232 e. The Bertz CT molecular complexity index is 1080. The predicted octanol–water partition coefficient (Wildman–Crippen LogP) is 5.25. The minimum atomic E-state index is -0.0849. The first-order valence-electron chi connectivity index (χ1n) is 13.7. The van der Waals surface area contributed by atoms with E-state index in [-0.39, 0.29) is 5.41 Å². The molecule has 0 radical (unpaired) electrons. The molecule has 0 amide bonds. The average Bonchev–Trinajstić information content (AvgIpc) is 3.43. The van der Waals surface area contributed by atoms with Gasteiger partial charge in [-0.1, -0.05) is 37.6 Å². The molecule has 9 heteroatoms. The van der Waals surface area contributed by atoms with Gasteiger partial charge in [-0.3, -0.25) is 0 Å². The molecule has 200 valence electrons.